The summed E-state index contributed by atoms with van der Waals surface area (Å²) in [6, 6.07) is 22.0. The van der Waals surface area contributed by atoms with Crippen molar-refractivity contribution < 1.29 is 18.7 Å². The maximum absolute atomic E-state index is 13.1. The SMILES string of the molecule is Cc1cc(C)cc(NC(=O)C(OC(=O)c2cc(=O)c3ccccc3o2)c2ccccc2)c1. The lowest BCUT2D eigenvalue weighted by molar-refractivity contribution is -0.125. The number of rotatable bonds is 5. The highest BCUT2D eigenvalue weighted by molar-refractivity contribution is 5.98. The minimum Gasteiger partial charge on any atom is -0.449 e. The molecule has 6 heteroatoms. The third-order valence-electron chi connectivity index (χ3n) is 4.89. The van der Waals surface area contributed by atoms with E-state index in [1.54, 1.807) is 54.6 Å². The van der Waals surface area contributed by atoms with Crippen LogP contribution in [0.5, 0.6) is 0 Å². The topological polar surface area (TPSA) is 85.6 Å². The Morgan fingerprint density at radius 1 is 0.875 bits per heavy atom. The molecular weight excluding hydrogens is 406 g/mol. The molecule has 160 valence electrons. The molecule has 1 aromatic heterocycles. The number of fused-ring (bicyclic) bond motifs is 1. The van der Waals surface area contributed by atoms with E-state index in [1.807, 2.05) is 32.0 Å². The minimum atomic E-state index is -1.23. The van der Waals surface area contributed by atoms with Crippen molar-refractivity contribution in [1.82, 2.24) is 0 Å². The van der Waals surface area contributed by atoms with Crippen LogP contribution in [0.15, 0.2) is 88.1 Å². The molecular formula is C26H21NO5. The molecule has 0 fully saturated rings. The lowest BCUT2D eigenvalue weighted by atomic mass is 10.1. The lowest BCUT2D eigenvalue weighted by Gasteiger charge is -2.18. The van der Waals surface area contributed by atoms with Crippen molar-refractivity contribution in [3.63, 3.8) is 0 Å². The van der Waals surface area contributed by atoms with Crippen LogP contribution in [0.2, 0.25) is 0 Å². The maximum atomic E-state index is 13.1. The number of ether oxygens (including phenoxy) is 1. The Balaban J connectivity index is 1.64. The molecule has 0 saturated carbocycles. The van der Waals surface area contributed by atoms with Crippen molar-refractivity contribution in [3.05, 3.63) is 112 Å². The number of aryl methyl sites for hydroxylation is 2. The molecule has 6 nitrogen and oxygen atoms in total. The van der Waals surface area contributed by atoms with Crippen LogP contribution in [-0.2, 0) is 9.53 Å². The van der Waals surface area contributed by atoms with Gasteiger partial charge in [0, 0.05) is 17.3 Å². The van der Waals surface area contributed by atoms with E-state index >= 15 is 0 Å². The number of benzene rings is 3. The smallest absolute Gasteiger partial charge is 0.375 e. The first-order valence-electron chi connectivity index (χ1n) is 10.1. The van der Waals surface area contributed by atoms with Gasteiger partial charge in [-0.05, 0) is 49.2 Å². The van der Waals surface area contributed by atoms with Gasteiger partial charge in [0.2, 0.25) is 11.9 Å². The van der Waals surface area contributed by atoms with Gasteiger partial charge in [0.05, 0.1) is 5.39 Å². The molecule has 0 spiro atoms. The molecule has 1 atom stereocenters. The maximum Gasteiger partial charge on any atom is 0.375 e. The molecule has 0 radical (unpaired) electrons. The fourth-order valence-electron chi connectivity index (χ4n) is 3.53. The zero-order valence-electron chi connectivity index (χ0n) is 17.6. The first kappa shape index (κ1) is 21.1. The van der Waals surface area contributed by atoms with Gasteiger partial charge < -0.3 is 14.5 Å². The molecule has 0 aliphatic carbocycles. The van der Waals surface area contributed by atoms with E-state index < -0.39 is 18.0 Å². The number of hydrogen-bond acceptors (Lipinski definition) is 5. The zero-order chi connectivity index (χ0) is 22.7. The summed E-state index contributed by atoms with van der Waals surface area (Å²) in [5.74, 6) is -1.69. The molecule has 32 heavy (non-hydrogen) atoms. The van der Waals surface area contributed by atoms with Crippen molar-refractivity contribution >= 4 is 28.5 Å². The number of anilines is 1. The second-order valence-electron chi connectivity index (χ2n) is 7.53. The molecule has 3 aromatic carbocycles. The van der Waals surface area contributed by atoms with Gasteiger partial charge in [0.15, 0.2) is 5.43 Å². The Kier molecular flexibility index (Phi) is 5.85. The molecule has 1 heterocycles. The van der Waals surface area contributed by atoms with Crippen molar-refractivity contribution in [2.45, 2.75) is 20.0 Å². The minimum absolute atomic E-state index is 0.267. The third kappa shape index (κ3) is 4.59. The van der Waals surface area contributed by atoms with E-state index in [4.69, 9.17) is 9.15 Å². The summed E-state index contributed by atoms with van der Waals surface area (Å²) < 4.78 is 11.1. The summed E-state index contributed by atoms with van der Waals surface area (Å²) >= 11 is 0. The fourth-order valence-corrected chi connectivity index (χ4v) is 3.53. The average molecular weight is 427 g/mol. The van der Waals surface area contributed by atoms with Crippen molar-refractivity contribution in [3.8, 4) is 0 Å². The van der Waals surface area contributed by atoms with Crippen molar-refractivity contribution in [2.75, 3.05) is 5.32 Å². The highest BCUT2D eigenvalue weighted by Crippen LogP contribution is 2.23. The van der Waals surface area contributed by atoms with Crippen molar-refractivity contribution in [2.24, 2.45) is 0 Å². The Morgan fingerprint density at radius 3 is 2.25 bits per heavy atom. The van der Waals surface area contributed by atoms with Gasteiger partial charge in [0.25, 0.3) is 5.91 Å². The molecule has 1 unspecified atom stereocenters. The molecule has 0 aliphatic rings. The van der Waals surface area contributed by atoms with Crippen LogP contribution in [0.25, 0.3) is 11.0 Å². The number of carbonyl (C=O) groups excluding carboxylic acids is 2. The molecule has 0 saturated heterocycles. The molecule has 4 rings (SSSR count). The van der Waals surface area contributed by atoms with E-state index in [1.165, 1.54) is 0 Å². The van der Waals surface area contributed by atoms with E-state index in [2.05, 4.69) is 5.32 Å². The Bertz CT molecular complexity index is 1340. The van der Waals surface area contributed by atoms with E-state index in [0.717, 1.165) is 17.2 Å². The van der Waals surface area contributed by atoms with Gasteiger partial charge in [0.1, 0.15) is 5.58 Å². The Hall–Kier alpha value is -4.19. The summed E-state index contributed by atoms with van der Waals surface area (Å²) in [4.78, 5) is 38.3. The van der Waals surface area contributed by atoms with Gasteiger partial charge in [-0.3, -0.25) is 9.59 Å². The van der Waals surface area contributed by atoms with Crippen LogP contribution in [0, 0.1) is 13.8 Å². The first-order valence-corrected chi connectivity index (χ1v) is 10.1. The number of hydrogen-bond donors (Lipinski definition) is 1. The van der Waals surface area contributed by atoms with Crippen LogP contribution in [0.1, 0.15) is 33.3 Å². The van der Waals surface area contributed by atoms with Crippen LogP contribution >= 0.6 is 0 Å². The average Bonchev–Trinajstić information content (AvgIpc) is 2.77. The normalized spacial score (nSPS) is 11.7. The number of nitrogens with one attached hydrogen (secondary N) is 1. The van der Waals surface area contributed by atoms with E-state index in [9.17, 15) is 14.4 Å². The predicted molar refractivity (Wildman–Crippen MR) is 122 cm³/mol. The number of esters is 1. The fraction of sp³-hybridized carbons (Fsp3) is 0.115. The quantitative estimate of drug-likeness (QED) is 0.456. The molecule has 1 amide bonds. The van der Waals surface area contributed by atoms with Crippen LogP contribution in [0.3, 0.4) is 0 Å². The summed E-state index contributed by atoms with van der Waals surface area (Å²) in [5, 5.41) is 3.17. The lowest BCUT2D eigenvalue weighted by Crippen LogP contribution is -2.26. The van der Waals surface area contributed by atoms with Gasteiger partial charge in [-0.2, -0.15) is 0 Å². The van der Waals surface area contributed by atoms with E-state index in [0.29, 0.717) is 16.6 Å². The largest absolute Gasteiger partial charge is 0.449 e. The molecule has 4 aromatic rings. The summed E-state index contributed by atoms with van der Waals surface area (Å²) in [5.41, 5.74) is 2.98. The predicted octanol–water partition coefficient (Wildman–Crippen LogP) is 4.95. The molecule has 1 N–H and O–H groups in total. The summed E-state index contributed by atoms with van der Waals surface area (Å²) in [6.45, 7) is 3.86. The zero-order valence-corrected chi connectivity index (χ0v) is 17.6. The second-order valence-corrected chi connectivity index (χ2v) is 7.53. The van der Waals surface area contributed by atoms with Gasteiger partial charge in [-0.1, -0.05) is 48.5 Å². The Labute approximate surface area is 184 Å². The first-order chi connectivity index (χ1) is 15.4. The van der Waals surface area contributed by atoms with Crippen LogP contribution in [-0.4, -0.2) is 11.9 Å². The highest BCUT2D eigenvalue weighted by atomic mass is 16.6. The van der Waals surface area contributed by atoms with Gasteiger partial charge in [-0.15, -0.1) is 0 Å². The third-order valence-corrected chi connectivity index (χ3v) is 4.89. The van der Waals surface area contributed by atoms with Crippen LogP contribution in [0.4, 0.5) is 5.69 Å². The number of carbonyl (C=O) groups is 2. The van der Waals surface area contributed by atoms with E-state index in [-0.39, 0.29) is 16.8 Å². The Morgan fingerprint density at radius 2 is 1.53 bits per heavy atom. The number of amides is 1. The molecule has 0 bridgehead atoms. The summed E-state index contributed by atoms with van der Waals surface area (Å²) in [6.07, 6.45) is -1.23. The van der Waals surface area contributed by atoms with Crippen molar-refractivity contribution in [1.29, 1.82) is 0 Å². The summed E-state index contributed by atoms with van der Waals surface area (Å²) in [7, 11) is 0. The number of para-hydroxylation sites is 1. The monoisotopic (exact) mass is 427 g/mol. The van der Waals surface area contributed by atoms with Gasteiger partial charge in [-0.25, -0.2) is 4.79 Å². The second kappa shape index (κ2) is 8.89. The molecule has 0 aliphatic heterocycles. The highest BCUT2D eigenvalue weighted by Gasteiger charge is 2.27. The van der Waals surface area contributed by atoms with Gasteiger partial charge >= 0.3 is 5.97 Å². The van der Waals surface area contributed by atoms with Crippen LogP contribution < -0.4 is 10.7 Å². The standard InChI is InChI=1S/C26H21NO5/c1-16-12-17(2)14-19(13-16)27-25(29)24(18-8-4-3-5-9-18)32-26(30)23-15-21(28)20-10-6-7-11-22(20)31-23/h3-15,24H,1-2H3,(H,27,29).